The zero-order valence-electron chi connectivity index (χ0n) is 10.7. The summed E-state index contributed by atoms with van der Waals surface area (Å²) in [6, 6.07) is 13.0. The van der Waals surface area contributed by atoms with Crippen molar-refractivity contribution in [2.45, 2.75) is 6.92 Å². The molecule has 2 aromatic rings. The highest BCUT2D eigenvalue weighted by Gasteiger charge is 2.08. The smallest absolute Gasteiger partial charge is 0.255 e. The Labute approximate surface area is 126 Å². The van der Waals surface area contributed by atoms with Crippen LogP contribution in [0.25, 0.3) is 0 Å². The maximum Gasteiger partial charge on any atom is 0.255 e. The molecule has 1 amide bonds. The first kappa shape index (κ1) is 13.9. The fraction of sp³-hybridized carbons (Fsp3) is 0.133. The normalized spacial score (nSPS) is 10.1. The fourth-order valence-electron chi connectivity index (χ4n) is 1.70. The van der Waals surface area contributed by atoms with Gasteiger partial charge in [0.2, 0.25) is 0 Å². The SMILES string of the molecule is COc1ccc(NC(=O)c2ccc(I)cc2)c(C)c1. The van der Waals surface area contributed by atoms with Gasteiger partial charge in [0.25, 0.3) is 5.91 Å². The van der Waals surface area contributed by atoms with Crippen LogP contribution in [0, 0.1) is 10.5 Å². The zero-order valence-corrected chi connectivity index (χ0v) is 12.9. The summed E-state index contributed by atoms with van der Waals surface area (Å²) in [5.74, 6) is 0.675. The average Bonchev–Trinajstić information content (AvgIpc) is 2.41. The highest BCUT2D eigenvalue weighted by molar-refractivity contribution is 14.1. The summed E-state index contributed by atoms with van der Waals surface area (Å²) in [6.07, 6.45) is 0. The Kier molecular flexibility index (Phi) is 4.42. The number of carbonyl (C=O) groups is 1. The molecule has 98 valence electrons. The minimum atomic E-state index is -0.107. The van der Waals surface area contributed by atoms with Gasteiger partial charge in [0.05, 0.1) is 7.11 Å². The van der Waals surface area contributed by atoms with E-state index in [-0.39, 0.29) is 5.91 Å². The van der Waals surface area contributed by atoms with Crippen molar-refractivity contribution in [2.24, 2.45) is 0 Å². The topological polar surface area (TPSA) is 38.3 Å². The molecule has 19 heavy (non-hydrogen) atoms. The second kappa shape index (κ2) is 6.06. The van der Waals surface area contributed by atoms with Crippen molar-refractivity contribution in [3.8, 4) is 5.75 Å². The van der Waals surface area contributed by atoms with E-state index < -0.39 is 0 Å². The van der Waals surface area contributed by atoms with E-state index in [1.165, 1.54) is 0 Å². The molecule has 0 unspecified atom stereocenters. The molecule has 0 spiro atoms. The first-order valence-electron chi connectivity index (χ1n) is 5.81. The largest absolute Gasteiger partial charge is 0.497 e. The van der Waals surface area contributed by atoms with Gasteiger partial charge in [0.15, 0.2) is 0 Å². The van der Waals surface area contributed by atoms with Crippen molar-refractivity contribution in [1.82, 2.24) is 0 Å². The van der Waals surface area contributed by atoms with Gasteiger partial charge in [-0.25, -0.2) is 0 Å². The molecule has 2 rings (SSSR count). The molecule has 0 aliphatic rings. The van der Waals surface area contributed by atoms with E-state index >= 15 is 0 Å². The van der Waals surface area contributed by atoms with Crippen LogP contribution in [-0.2, 0) is 0 Å². The molecule has 0 aliphatic heterocycles. The van der Waals surface area contributed by atoms with Gasteiger partial charge in [-0.3, -0.25) is 4.79 Å². The zero-order chi connectivity index (χ0) is 13.8. The van der Waals surface area contributed by atoms with Gasteiger partial charge in [0.1, 0.15) is 5.75 Å². The van der Waals surface area contributed by atoms with Crippen LogP contribution in [0.5, 0.6) is 5.75 Å². The van der Waals surface area contributed by atoms with Crippen LogP contribution in [0.15, 0.2) is 42.5 Å². The van der Waals surface area contributed by atoms with Crippen molar-refractivity contribution >= 4 is 34.2 Å². The van der Waals surface area contributed by atoms with Crippen molar-refractivity contribution in [3.05, 3.63) is 57.2 Å². The maximum absolute atomic E-state index is 12.1. The van der Waals surface area contributed by atoms with Crippen molar-refractivity contribution < 1.29 is 9.53 Å². The molecule has 2 aromatic carbocycles. The Bertz CT molecular complexity index is 594. The minimum Gasteiger partial charge on any atom is -0.497 e. The standard InChI is InChI=1S/C15H14INO2/c1-10-9-13(19-2)7-8-14(10)17-15(18)11-3-5-12(16)6-4-11/h3-9H,1-2H3,(H,17,18). The lowest BCUT2D eigenvalue weighted by Gasteiger charge is -2.10. The van der Waals surface area contributed by atoms with E-state index in [4.69, 9.17) is 4.74 Å². The lowest BCUT2D eigenvalue weighted by molar-refractivity contribution is 0.102. The van der Waals surface area contributed by atoms with Gasteiger partial charge in [-0.15, -0.1) is 0 Å². The number of nitrogens with one attached hydrogen (secondary N) is 1. The number of halogens is 1. The number of carbonyl (C=O) groups excluding carboxylic acids is 1. The van der Waals surface area contributed by atoms with Crippen LogP contribution in [0.4, 0.5) is 5.69 Å². The molecule has 0 atom stereocenters. The van der Waals surface area contributed by atoms with Crippen LogP contribution >= 0.6 is 22.6 Å². The van der Waals surface area contributed by atoms with Crippen molar-refractivity contribution in [3.63, 3.8) is 0 Å². The molecule has 0 aliphatic carbocycles. The first-order valence-corrected chi connectivity index (χ1v) is 6.89. The quantitative estimate of drug-likeness (QED) is 0.837. The average molecular weight is 367 g/mol. The number of hydrogen-bond acceptors (Lipinski definition) is 2. The predicted octanol–water partition coefficient (Wildman–Crippen LogP) is 3.86. The minimum absolute atomic E-state index is 0.107. The van der Waals surface area contributed by atoms with E-state index in [1.54, 1.807) is 7.11 Å². The number of ether oxygens (including phenoxy) is 1. The molecule has 1 N–H and O–H groups in total. The summed E-state index contributed by atoms with van der Waals surface area (Å²) in [5, 5.41) is 2.90. The van der Waals surface area contributed by atoms with Gasteiger partial charge < -0.3 is 10.1 Å². The number of amides is 1. The molecule has 0 heterocycles. The van der Waals surface area contributed by atoms with Crippen LogP contribution in [0.2, 0.25) is 0 Å². The van der Waals surface area contributed by atoms with Crippen LogP contribution < -0.4 is 10.1 Å². The highest BCUT2D eigenvalue weighted by Crippen LogP contribution is 2.21. The molecule has 0 fully saturated rings. The molecular formula is C15H14INO2. The summed E-state index contributed by atoms with van der Waals surface area (Å²) in [6.45, 7) is 1.94. The number of rotatable bonds is 3. The van der Waals surface area contributed by atoms with Gasteiger partial charge in [-0.05, 0) is 77.5 Å². The van der Waals surface area contributed by atoms with Crippen LogP contribution in [0.1, 0.15) is 15.9 Å². The van der Waals surface area contributed by atoms with E-state index in [9.17, 15) is 4.79 Å². The Morgan fingerprint density at radius 2 is 1.84 bits per heavy atom. The van der Waals surface area contributed by atoms with E-state index in [0.29, 0.717) is 5.56 Å². The second-order valence-corrected chi connectivity index (χ2v) is 5.39. The number of anilines is 1. The Balaban J connectivity index is 2.17. The number of hydrogen-bond donors (Lipinski definition) is 1. The molecule has 3 nitrogen and oxygen atoms in total. The molecular weight excluding hydrogens is 353 g/mol. The van der Waals surface area contributed by atoms with Crippen LogP contribution in [0.3, 0.4) is 0 Å². The van der Waals surface area contributed by atoms with E-state index in [0.717, 1.165) is 20.6 Å². The number of methoxy groups -OCH3 is 1. The van der Waals surface area contributed by atoms with Crippen molar-refractivity contribution in [2.75, 3.05) is 12.4 Å². The third kappa shape index (κ3) is 3.47. The van der Waals surface area contributed by atoms with Gasteiger partial charge >= 0.3 is 0 Å². The molecule has 0 saturated heterocycles. The van der Waals surface area contributed by atoms with E-state index in [2.05, 4.69) is 27.9 Å². The highest BCUT2D eigenvalue weighted by atomic mass is 127. The van der Waals surface area contributed by atoms with Crippen LogP contribution in [-0.4, -0.2) is 13.0 Å². The maximum atomic E-state index is 12.1. The summed E-state index contributed by atoms with van der Waals surface area (Å²) >= 11 is 2.21. The monoisotopic (exact) mass is 367 g/mol. The summed E-state index contributed by atoms with van der Waals surface area (Å²) in [4.78, 5) is 12.1. The third-order valence-electron chi connectivity index (χ3n) is 2.79. The summed E-state index contributed by atoms with van der Waals surface area (Å²) in [7, 11) is 1.62. The molecule has 0 aromatic heterocycles. The molecule has 4 heteroatoms. The third-order valence-corrected chi connectivity index (χ3v) is 3.51. The Morgan fingerprint density at radius 1 is 1.16 bits per heavy atom. The van der Waals surface area contributed by atoms with Gasteiger partial charge in [-0.1, -0.05) is 0 Å². The Morgan fingerprint density at radius 3 is 2.42 bits per heavy atom. The second-order valence-electron chi connectivity index (χ2n) is 4.14. The first-order chi connectivity index (χ1) is 9.10. The lowest BCUT2D eigenvalue weighted by atomic mass is 10.1. The van der Waals surface area contributed by atoms with E-state index in [1.807, 2.05) is 49.4 Å². The summed E-state index contributed by atoms with van der Waals surface area (Å²) in [5.41, 5.74) is 2.41. The molecule has 0 bridgehead atoms. The van der Waals surface area contributed by atoms with Crippen molar-refractivity contribution in [1.29, 1.82) is 0 Å². The predicted molar refractivity (Wildman–Crippen MR) is 84.8 cm³/mol. The molecule has 0 radical (unpaired) electrons. The summed E-state index contributed by atoms with van der Waals surface area (Å²) < 4.78 is 6.25. The number of benzene rings is 2. The fourth-order valence-corrected chi connectivity index (χ4v) is 2.06. The lowest BCUT2D eigenvalue weighted by Crippen LogP contribution is -2.12. The Hall–Kier alpha value is -1.56. The van der Waals surface area contributed by atoms with Gasteiger partial charge in [0, 0.05) is 14.8 Å². The van der Waals surface area contributed by atoms with Gasteiger partial charge in [-0.2, -0.15) is 0 Å². The number of aryl methyl sites for hydroxylation is 1. The molecule has 0 saturated carbocycles.